The molecule has 9 nitrogen and oxygen atoms in total. The van der Waals surface area contributed by atoms with Crippen LogP contribution in [0, 0.1) is 5.92 Å². The molecule has 1 amide bonds. The topological polar surface area (TPSA) is 138 Å². The molecular formula is C26H41NO8. The standard InChI is InChI=1S/C26H41NO8/c1-15(6-9-22-25(32)26(14-33-26)13-19(35-22)12-24(30)31)5-8-21-16(2)11-20(18(4)34-21)27-23(29)10-7-17(3)28/h5,7,10,16-22,25,28,32H,6,8-9,11-14H2,1-4H3,(H,27,29)(H,30,31)/b10-7-,15-5+/t16-,17-,18+,19+,20+,21-,22+,25+,26+/m0/s1. The molecule has 0 aromatic heterocycles. The van der Waals surface area contributed by atoms with Gasteiger partial charge in [-0.15, -0.1) is 0 Å². The fourth-order valence-electron chi connectivity index (χ4n) is 5.10. The number of carboxylic acid groups (broad SMARTS) is 1. The van der Waals surface area contributed by atoms with Gasteiger partial charge in [0.15, 0.2) is 0 Å². The smallest absolute Gasteiger partial charge is 0.305 e. The van der Waals surface area contributed by atoms with Crippen LogP contribution >= 0.6 is 0 Å². The molecule has 0 aliphatic carbocycles. The fraction of sp³-hybridized carbons (Fsp3) is 0.769. The first-order valence-electron chi connectivity index (χ1n) is 12.7. The third-order valence-electron chi connectivity index (χ3n) is 7.34. The van der Waals surface area contributed by atoms with E-state index in [9.17, 15) is 19.8 Å². The Hall–Kier alpha value is -1.78. The number of amides is 1. The summed E-state index contributed by atoms with van der Waals surface area (Å²) >= 11 is 0. The summed E-state index contributed by atoms with van der Waals surface area (Å²) in [7, 11) is 0. The zero-order chi connectivity index (χ0) is 25.8. The number of rotatable bonds is 10. The molecule has 3 rings (SSSR count). The van der Waals surface area contributed by atoms with Crippen molar-refractivity contribution in [2.45, 2.75) is 114 Å². The minimum atomic E-state index is -0.911. The van der Waals surface area contributed by atoms with E-state index in [1.807, 2.05) is 13.8 Å². The van der Waals surface area contributed by atoms with Crippen LogP contribution in [-0.2, 0) is 23.8 Å². The maximum Gasteiger partial charge on any atom is 0.305 e. The van der Waals surface area contributed by atoms with Crippen molar-refractivity contribution < 1.29 is 39.1 Å². The van der Waals surface area contributed by atoms with Crippen LogP contribution in [0.2, 0.25) is 0 Å². The number of carbonyl (C=O) groups excluding carboxylic acids is 1. The van der Waals surface area contributed by atoms with Gasteiger partial charge in [0.1, 0.15) is 11.7 Å². The molecule has 198 valence electrons. The molecule has 3 aliphatic heterocycles. The molecule has 0 aromatic carbocycles. The molecule has 0 saturated carbocycles. The van der Waals surface area contributed by atoms with Crippen molar-refractivity contribution in [3.63, 3.8) is 0 Å². The predicted molar refractivity (Wildman–Crippen MR) is 129 cm³/mol. The second-order valence-electron chi connectivity index (χ2n) is 10.5. The first-order chi connectivity index (χ1) is 16.5. The van der Waals surface area contributed by atoms with Gasteiger partial charge in [0.05, 0.1) is 49.6 Å². The largest absolute Gasteiger partial charge is 0.481 e. The van der Waals surface area contributed by atoms with Crippen LogP contribution in [0.4, 0.5) is 0 Å². The molecule has 3 heterocycles. The van der Waals surface area contributed by atoms with Gasteiger partial charge in [-0.2, -0.15) is 0 Å². The molecule has 3 saturated heterocycles. The summed E-state index contributed by atoms with van der Waals surface area (Å²) in [5, 5.41) is 32.1. The molecule has 0 radical (unpaired) electrons. The molecule has 3 aliphatic rings. The second kappa shape index (κ2) is 12.0. The molecule has 35 heavy (non-hydrogen) atoms. The second-order valence-corrected chi connectivity index (χ2v) is 10.5. The Balaban J connectivity index is 1.47. The Morgan fingerprint density at radius 2 is 1.94 bits per heavy atom. The van der Waals surface area contributed by atoms with Crippen molar-refractivity contribution in [3.05, 3.63) is 23.8 Å². The Morgan fingerprint density at radius 1 is 1.23 bits per heavy atom. The highest BCUT2D eigenvalue weighted by Crippen LogP contribution is 2.44. The van der Waals surface area contributed by atoms with Crippen molar-refractivity contribution in [2.75, 3.05) is 6.61 Å². The van der Waals surface area contributed by atoms with Crippen LogP contribution in [0.25, 0.3) is 0 Å². The van der Waals surface area contributed by atoms with Crippen molar-refractivity contribution in [3.8, 4) is 0 Å². The molecule has 9 heteroatoms. The normalized spacial score (nSPS) is 38.5. The summed E-state index contributed by atoms with van der Waals surface area (Å²) in [5.74, 6) is -0.886. The number of carbonyl (C=O) groups is 2. The summed E-state index contributed by atoms with van der Waals surface area (Å²) in [6.45, 7) is 8.17. The van der Waals surface area contributed by atoms with E-state index >= 15 is 0 Å². The van der Waals surface area contributed by atoms with Crippen molar-refractivity contribution in [1.29, 1.82) is 0 Å². The Morgan fingerprint density at radius 3 is 2.57 bits per heavy atom. The van der Waals surface area contributed by atoms with Crippen LogP contribution in [0.5, 0.6) is 0 Å². The van der Waals surface area contributed by atoms with E-state index in [-0.39, 0.29) is 36.5 Å². The third kappa shape index (κ3) is 7.85. The van der Waals surface area contributed by atoms with Gasteiger partial charge < -0.3 is 34.8 Å². The van der Waals surface area contributed by atoms with Crippen molar-refractivity contribution >= 4 is 11.9 Å². The van der Waals surface area contributed by atoms with Crippen molar-refractivity contribution in [2.24, 2.45) is 5.92 Å². The summed E-state index contributed by atoms with van der Waals surface area (Å²) in [4.78, 5) is 23.2. The number of hydrogen-bond donors (Lipinski definition) is 4. The molecule has 3 fully saturated rings. The molecule has 0 aromatic rings. The van der Waals surface area contributed by atoms with Gasteiger partial charge >= 0.3 is 5.97 Å². The number of hydrogen-bond acceptors (Lipinski definition) is 7. The van der Waals surface area contributed by atoms with Crippen LogP contribution in [0.15, 0.2) is 23.8 Å². The third-order valence-corrected chi connectivity index (χ3v) is 7.34. The molecule has 0 bridgehead atoms. The van der Waals surface area contributed by atoms with E-state index in [0.717, 1.165) is 24.8 Å². The molecule has 0 unspecified atom stereocenters. The maximum absolute atomic E-state index is 12.1. The number of aliphatic hydroxyl groups is 2. The summed E-state index contributed by atoms with van der Waals surface area (Å²) < 4.78 is 17.6. The number of carboxylic acids is 1. The maximum atomic E-state index is 12.1. The minimum absolute atomic E-state index is 0.0423. The molecule has 4 N–H and O–H groups in total. The van der Waals surface area contributed by atoms with E-state index in [1.54, 1.807) is 6.92 Å². The van der Waals surface area contributed by atoms with E-state index in [1.165, 1.54) is 12.2 Å². The average molecular weight is 496 g/mol. The van der Waals surface area contributed by atoms with Gasteiger partial charge in [-0.05, 0) is 52.4 Å². The zero-order valence-corrected chi connectivity index (χ0v) is 21.2. The minimum Gasteiger partial charge on any atom is -0.481 e. The lowest BCUT2D eigenvalue weighted by atomic mass is 9.85. The quantitative estimate of drug-likeness (QED) is 0.205. The monoisotopic (exact) mass is 495 g/mol. The molecular weight excluding hydrogens is 454 g/mol. The average Bonchev–Trinajstić information content (AvgIpc) is 3.54. The number of aliphatic hydroxyl groups excluding tert-OH is 2. The Kier molecular flexibility index (Phi) is 9.51. The summed E-state index contributed by atoms with van der Waals surface area (Å²) in [5.41, 5.74) is 0.523. The zero-order valence-electron chi connectivity index (χ0n) is 21.2. The lowest BCUT2D eigenvalue weighted by molar-refractivity contribution is -0.166. The highest BCUT2D eigenvalue weighted by atomic mass is 16.6. The van der Waals surface area contributed by atoms with Gasteiger partial charge in [0.25, 0.3) is 0 Å². The number of nitrogens with one attached hydrogen (secondary N) is 1. The highest BCUT2D eigenvalue weighted by Gasteiger charge is 2.58. The first kappa shape index (κ1) is 27.8. The van der Waals surface area contributed by atoms with Crippen LogP contribution in [0.1, 0.15) is 66.2 Å². The number of aliphatic carboxylic acids is 1. The van der Waals surface area contributed by atoms with Crippen LogP contribution in [-0.4, -0.2) is 82.1 Å². The summed E-state index contributed by atoms with van der Waals surface area (Å²) in [6, 6.07) is -0.0851. The van der Waals surface area contributed by atoms with E-state index in [0.29, 0.717) is 19.4 Å². The SMILES string of the molecule is C/C(=C\C[C@@H]1O[C@H](C)[C@H](NC(=O)/C=C\[C@H](C)O)C[C@@H]1C)CC[C@H]1O[C@H](CC(=O)O)C[C@@]2(CO2)[C@@H]1O. The van der Waals surface area contributed by atoms with Crippen LogP contribution in [0.3, 0.4) is 0 Å². The fourth-order valence-corrected chi connectivity index (χ4v) is 5.10. The van der Waals surface area contributed by atoms with Crippen molar-refractivity contribution in [1.82, 2.24) is 5.32 Å². The van der Waals surface area contributed by atoms with E-state index in [2.05, 4.69) is 18.3 Å². The Labute approximate surface area is 207 Å². The van der Waals surface area contributed by atoms with Gasteiger partial charge in [-0.25, -0.2) is 0 Å². The predicted octanol–water partition coefficient (Wildman–Crippen LogP) is 2.10. The van der Waals surface area contributed by atoms with E-state index < -0.39 is 36.0 Å². The molecule has 1 spiro atoms. The van der Waals surface area contributed by atoms with Gasteiger partial charge in [0.2, 0.25) is 5.91 Å². The van der Waals surface area contributed by atoms with Crippen LogP contribution < -0.4 is 5.32 Å². The number of allylic oxidation sites excluding steroid dienone is 1. The highest BCUT2D eigenvalue weighted by molar-refractivity contribution is 5.87. The van der Waals surface area contributed by atoms with Gasteiger partial charge in [-0.3, -0.25) is 9.59 Å². The van der Waals surface area contributed by atoms with E-state index in [4.69, 9.17) is 19.3 Å². The summed E-state index contributed by atoms with van der Waals surface area (Å²) in [6.07, 6.45) is 5.79. The Bertz CT molecular complexity index is 805. The van der Waals surface area contributed by atoms with Gasteiger partial charge in [0, 0.05) is 12.5 Å². The lowest BCUT2D eigenvalue weighted by Gasteiger charge is -2.39. The lowest BCUT2D eigenvalue weighted by Crippen LogP contribution is -2.51. The molecule has 9 atom stereocenters. The first-order valence-corrected chi connectivity index (χ1v) is 12.7. The number of epoxide rings is 1. The van der Waals surface area contributed by atoms with Gasteiger partial charge in [-0.1, -0.05) is 24.6 Å². The number of ether oxygens (including phenoxy) is 3.